The SMILES string of the molecule is CC1(C)C(=O)N(c2ccc(Cl)c(O)c2)C2(N(c3ccc(Cl)c(O)c3)C(=O)C(C)(C)C2(C)C)C1(C)C. The molecular weight excluding hydrogens is 487 g/mol. The topological polar surface area (TPSA) is 81.1 Å². The quantitative estimate of drug-likeness (QED) is 0.469. The van der Waals surface area contributed by atoms with Crippen molar-refractivity contribution in [2.75, 3.05) is 9.80 Å². The third kappa shape index (κ3) is 2.78. The summed E-state index contributed by atoms with van der Waals surface area (Å²) in [4.78, 5) is 31.9. The van der Waals surface area contributed by atoms with Gasteiger partial charge in [-0.3, -0.25) is 19.4 Å². The van der Waals surface area contributed by atoms with Crippen molar-refractivity contribution in [1.82, 2.24) is 0 Å². The molecule has 2 fully saturated rings. The van der Waals surface area contributed by atoms with E-state index < -0.39 is 27.3 Å². The highest BCUT2D eigenvalue weighted by molar-refractivity contribution is 6.32. The first-order valence-electron chi connectivity index (χ1n) is 11.6. The van der Waals surface area contributed by atoms with Gasteiger partial charge in [0.1, 0.15) is 17.2 Å². The molecule has 2 saturated heterocycles. The van der Waals surface area contributed by atoms with Gasteiger partial charge < -0.3 is 10.2 Å². The highest BCUT2D eigenvalue weighted by Crippen LogP contribution is 2.72. The number of halogens is 2. The van der Waals surface area contributed by atoms with E-state index in [2.05, 4.69) is 0 Å². The lowest BCUT2D eigenvalue weighted by Crippen LogP contribution is -2.69. The van der Waals surface area contributed by atoms with Gasteiger partial charge in [-0.15, -0.1) is 0 Å². The number of amides is 2. The van der Waals surface area contributed by atoms with Crippen LogP contribution in [0.4, 0.5) is 11.4 Å². The highest BCUT2D eigenvalue weighted by atomic mass is 35.5. The standard InChI is InChI=1S/C27H32Cl2N2O4/c1-23(2)21(34)30(15-9-11-17(28)19(32)13-15)27(25(23,5)6)26(7,8)24(3,4)22(35)31(27)16-10-12-18(29)20(33)14-16/h9-14,32-33H,1-8H3. The maximum absolute atomic E-state index is 14.3. The molecule has 2 N–H and O–H groups in total. The van der Waals surface area contributed by atoms with Crippen LogP contribution in [0.15, 0.2) is 36.4 Å². The predicted octanol–water partition coefficient (Wildman–Crippen LogP) is 6.60. The van der Waals surface area contributed by atoms with Crippen molar-refractivity contribution >= 4 is 46.4 Å². The molecule has 8 heteroatoms. The van der Waals surface area contributed by atoms with Gasteiger partial charge in [-0.2, -0.15) is 0 Å². The molecule has 0 bridgehead atoms. The van der Waals surface area contributed by atoms with Crippen molar-refractivity contribution in [2.45, 2.75) is 61.1 Å². The fourth-order valence-corrected chi connectivity index (χ4v) is 6.38. The molecule has 1 spiro atoms. The zero-order valence-corrected chi connectivity index (χ0v) is 22.8. The molecule has 0 radical (unpaired) electrons. The molecule has 2 aliphatic heterocycles. The summed E-state index contributed by atoms with van der Waals surface area (Å²) in [6.45, 7) is 15.5. The Morgan fingerprint density at radius 1 is 0.629 bits per heavy atom. The number of phenolic OH excluding ortho intramolecular Hbond substituents is 2. The molecule has 2 heterocycles. The minimum absolute atomic E-state index is 0.160. The molecule has 2 aromatic carbocycles. The second-order valence-electron chi connectivity index (χ2n) is 11.7. The number of benzene rings is 2. The monoisotopic (exact) mass is 518 g/mol. The van der Waals surface area contributed by atoms with E-state index in [9.17, 15) is 19.8 Å². The third-order valence-corrected chi connectivity index (χ3v) is 10.0. The maximum Gasteiger partial charge on any atom is 0.235 e. The van der Waals surface area contributed by atoms with Crippen molar-refractivity contribution in [1.29, 1.82) is 0 Å². The number of carbonyl (C=O) groups is 2. The van der Waals surface area contributed by atoms with Crippen molar-refractivity contribution in [3.05, 3.63) is 46.4 Å². The van der Waals surface area contributed by atoms with Crippen molar-refractivity contribution < 1.29 is 19.8 Å². The molecule has 2 aromatic rings. The minimum Gasteiger partial charge on any atom is -0.506 e. The van der Waals surface area contributed by atoms with E-state index in [4.69, 9.17) is 23.2 Å². The van der Waals surface area contributed by atoms with Crippen LogP contribution in [0.3, 0.4) is 0 Å². The van der Waals surface area contributed by atoms with E-state index in [1.807, 2.05) is 55.4 Å². The van der Waals surface area contributed by atoms with Crippen LogP contribution in [0.5, 0.6) is 11.5 Å². The van der Waals surface area contributed by atoms with Gasteiger partial charge in [0, 0.05) is 34.3 Å². The third-order valence-electron chi connectivity index (χ3n) is 9.37. The molecule has 2 amide bonds. The lowest BCUT2D eigenvalue weighted by atomic mass is 9.53. The Labute approximate surface area is 216 Å². The summed E-state index contributed by atoms with van der Waals surface area (Å²) in [7, 11) is 0. The van der Waals surface area contributed by atoms with Gasteiger partial charge in [0.2, 0.25) is 11.8 Å². The zero-order chi connectivity index (χ0) is 26.5. The van der Waals surface area contributed by atoms with Crippen LogP contribution in [0.2, 0.25) is 10.0 Å². The molecule has 0 aromatic heterocycles. The predicted molar refractivity (Wildman–Crippen MR) is 139 cm³/mol. The molecule has 0 saturated carbocycles. The first-order valence-corrected chi connectivity index (χ1v) is 12.3. The normalized spacial score (nSPS) is 23.4. The molecule has 2 aliphatic rings. The van der Waals surface area contributed by atoms with Gasteiger partial charge in [0.25, 0.3) is 0 Å². The van der Waals surface area contributed by atoms with Crippen molar-refractivity contribution in [3.8, 4) is 11.5 Å². The second-order valence-corrected chi connectivity index (χ2v) is 12.5. The molecule has 188 valence electrons. The summed E-state index contributed by atoms with van der Waals surface area (Å²) in [6.07, 6.45) is 0. The summed E-state index contributed by atoms with van der Waals surface area (Å²) in [5, 5.41) is 21.3. The summed E-state index contributed by atoms with van der Waals surface area (Å²) in [5.74, 6) is -0.699. The number of aromatic hydroxyl groups is 2. The van der Waals surface area contributed by atoms with Gasteiger partial charge in [0.05, 0.1) is 20.9 Å². The number of nitrogens with zero attached hydrogens (tertiary/aromatic N) is 2. The van der Waals surface area contributed by atoms with E-state index >= 15 is 0 Å². The number of carbonyl (C=O) groups excluding carboxylic acids is 2. The lowest BCUT2D eigenvalue weighted by Gasteiger charge is -2.58. The fourth-order valence-electron chi connectivity index (χ4n) is 6.15. The van der Waals surface area contributed by atoms with Crippen LogP contribution < -0.4 is 9.80 Å². The molecule has 0 aliphatic carbocycles. The van der Waals surface area contributed by atoms with Crippen LogP contribution in [0.25, 0.3) is 0 Å². The zero-order valence-electron chi connectivity index (χ0n) is 21.3. The van der Waals surface area contributed by atoms with E-state index in [1.54, 1.807) is 34.1 Å². The fraction of sp³-hybridized carbons (Fsp3) is 0.481. The Morgan fingerprint density at radius 2 is 0.943 bits per heavy atom. The van der Waals surface area contributed by atoms with E-state index in [0.717, 1.165) is 0 Å². The Kier molecular flexibility index (Phi) is 5.35. The van der Waals surface area contributed by atoms with E-state index in [1.165, 1.54) is 12.1 Å². The number of phenols is 2. The summed E-state index contributed by atoms with van der Waals surface area (Å²) >= 11 is 12.2. The summed E-state index contributed by atoms with van der Waals surface area (Å²) in [6, 6.07) is 9.37. The number of hydrogen-bond donors (Lipinski definition) is 2. The molecule has 0 unspecified atom stereocenters. The largest absolute Gasteiger partial charge is 0.506 e. The minimum atomic E-state index is -1.23. The first-order chi connectivity index (χ1) is 15.9. The van der Waals surface area contributed by atoms with Crippen LogP contribution >= 0.6 is 23.2 Å². The first kappa shape index (κ1) is 25.6. The van der Waals surface area contributed by atoms with Gasteiger partial charge in [0.15, 0.2) is 0 Å². The molecule has 0 atom stereocenters. The maximum atomic E-state index is 14.3. The van der Waals surface area contributed by atoms with Crippen LogP contribution in [0.1, 0.15) is 55.4 Å². The highest BCUT2D eigenvalue weighted by Gasteiger charge is 2.82. The smallest absolute Gasteiger partial charge is 0.235 e. The van der Waals surface area contributed by atoms with Gasteiger partial charge in [-0.05, 0) is 24.3 Å². The molecule has 4 rings (SSSR count). The number of anilines is 2. The summed E-state index contributed by atoms with van der Waals surface area (Å²) < 4.78 is 0. The van der Waals surface area contributed by atoms with Gasteiger partial charge in [-0.25, -0.2) is 0 Å². The van der Waals surface area contributed by atoms with Gasteiger partial charge >= 0.3 is 0 Å². The molecule has 35 heavy (non-hydrogen) atoms. The average Bonchev–Trinajstić information content (AvgIpc) is 2.96. The molecular formula is C27H32Cl2N2O4. The number of hydrogen-bond acceptors (Lipinski definition) is 4. The van der Waals surface area contributed by atoms with E-state index in [0.29, 0.717) is 11.4 Å². The Bertz CT molecular complexity index is 1170. The van der Waals surface area contributed by atoms with Crippen molar-refractivity contribution in [2.24, 2.45) is 21.7 Å². The van der Waals surface area contributed by atoms with Crippen LogP contribution in [-0.2, 0) is 9.59 Å². The van der Waals surface area contributed by atoms with Crippen LogP contribution in [0, 0.1) is 21.7 Å². The van der Waals surface area contributed by atoms with Crippen molar-refractivity contribution in [3.63, 3.8) is 0 Å². The van der Waals surface area contributed by atoms with Crippen LogP contribution in [-0.4, -0.2) is 27.7 Å². The second kappa shape index (κ2) is 7.30. The Hall–Kier alpha value is -2.44. The number of rotatable bonds is 2. The Morgan fingerprint density at radius 3 is 1.23 bits per heavy atom. The van der Waals surface area contributed by atoms with E-state index in [-0.39, 0.29) is 33.4 Å². The Balaban J connectivity index is 2.19. The summed E-state index contributed by atoms with van der Waals surface area (Å²) in [5.41, 5.74) is -3.82. The van der Waals surface area contributed by atoms with Gasteiger partial charge in [-0.1, -0.05) is 78.6 Å². The molecule has 6 nitrogen and oxygen atoms in total. The average molecular weight is 519 g/mol. The lowest BCUT2D eigenvalue weighted by molar-refractivity contribution is -0.127.